The Labute approximate surface area is 117 Å². The predicted molar refractivity (Wildman–Crippen MR) is 79.6 cm³/mol. The summed E-state index contributed by atoms with van der Waals surface area (Å²) >= 11 is 0. The lowest BCUT2D eigenvalue weighted by Gasteiger charge is -2.07. The van der Waals surface area contributed by atoms with Crippen LogP contribution >= 0.6 is 0 Å². The van der Waals surface area contributed by atoms with E-state index in [1.165, 1.54) is 6.92 Å². The highest BCUT2D eigenvalue weighted by Crippen LogP contribution is 2.14. The molecule has 0 aliphatic rings. The molecule has 2 aromatic rings. The Morgan fingerprint density at radius 2 is 1.70 bits per heavy atom. The molecule has 4 nitrogen and oxygen atoms in total. The van der Waals surface area contributed by atoms with E-state index < -0.39 is 0 Å². The van der Waals surface area contributed by atoms with E-state index in [1.54, 1.807) is 30.3 Å². The normalized spacial score (nSPS) is 10.1. The van der Waals surface area contributed by atoms with Gasteiger partial charge < -0.3 is 11.1 Å². The van der Waals surface area contributed by atoms with E-state index >= 15 is 0 Å². The molecule has 0 saturated carbocycles. The first-order valence-corrected chi connectivity index (χ1v) is 6.30. The number of ketones is 1. The highest BCUT2D eigenvalue weighted by atomic mass is 16.1. The van der Waals surface area contributed by atoms with Gasteiger partial charge in [0.15, 0.2) is 5.78 Å². The number of hydrogen-bond acceptors (Lipinski definition) is 3. The summed E-state index contributed by atoms with van der Waals surface area (Å²) in [6.45, 7) is 1.51. The van der Waals surface area contributed by atoms with Gasteiger partial charge in [-0.25, -0.2) is 0 Å². The van der Waals surface area contributed by atoms with Crippen LogP contribution in [0.4, 0.5) is 11.4 Å². The van der Waals surface area contributed by atoms with E-state index in [4.69, 9.17) is 5.73 Å². The number of nitrogens with one attached hydrogen (secondary N) is 1. The fourth-order valence-corrected chi connectivity index (χ4v) is 1.86. The van der Waals surface area contributed by atoms with Gasteiger partial charge in [0.25, 0.3) is 0 Å². The zero-order chi connectivity index (χ0) is 14.5. The van der Waals surface area contributed by atoms with Gasteiger partial charge in [0.1, 0.15) is 0 Å². The molecule has 3 N–H and O–H groups in total. The Hall–Kier alpha value is -2.62. The van der Waals surface area contributed by atoms with Gasteiger partial charge in [-0.1, -0.05) is 18.2 Å². The minimum atomic E-state index is -0.140. The van der Waals surface area contributed by atoms with Crippen molar-refractivity contribution in [3.8, 4) is 0 Å². The van der Waals surface area contributed by atoms with Crippen molar-refractivity contribution in [1.29, 1.82) is 0 Å². The van der Waals surface area contributed by atoms with Gasteiger partial charge in [0.05, 0.1) is 6.42 Å². The Bertz CT molecular complexity index is 633. The lowest BCUT2D eigenvalue weighted by Crippen LogP contribution is -2.15. The third kappa shape index (κ3) is 3.45. The molecule has 0 unspecified atom stereocenters. The molecule has 0 heterocycles. The second-order valence-electron chi connectivity index (χ2n) is 4.56. The molecule has 1 amide bonds. The van der Waals surface area contributed by atoms with Gasteiger partial charge in [-0.15, -0.1) is 0 Å². The van der Waals surface area contributed by atoms with Crippen molar-refractivity contribution in [2.24, 2.45) is 0 Å². The van der Waals surface area contributed by atoms with Crippen LogP contribution in [0.1, 0.15) is 22.8 Å². The molecule has 0 aromatic heterocycles. The number of nitrogens with two attached hydrogens (primary N) is 1. The fraction of sp³-hybridized carbons (Fsp3) is 0.125. The van der Waals surface area contributed by atoms with Crippen LogP contribution in [0.25, 0.3) is 0 Å². The predicted octanol–water partition coefficient (Wildman–Crippen LogP) is 2.65. The highest BCUT2D eigenvalue weighted by Gasteiger charge is 2.07. The second kappa shape index (κ2) is 6.02. The molecule has 4 heteroatoms. The van der Waals surface area contributed by atoms with Gasteiger partial charge in [-0.05, 0) is 42.8 Å². The number of carbonyl (C=O) groups is 2. The molecule has 0 radical (unpaired) electrons. The molecule has 2 rings (SSSR count). The maximum absolute atomic E-state index is 11.9. The molecule has 0 saturated heterocycles. The minimum Gasteiger partial charge on any atom is -0.398 e. The molecule has 102 valence electrons. The quantitative estimate of drug-likeness (QED) is 0.661. The molecular weight excluding hydrogens is 252 g/mol. The number of benzene rings is 2. The number of anilines is 2. The third-order valence-corrected chi connectivity index (χ3v) is 2.98. The summed E-state index contributed by atoms with van der Waals surface area (Å²) in [5.74, 6) is -0.140. The number of amides is 1. The largest absolute Gasteiger partial charge is 0.398 e. The summed E-state index contributed by atoms with van der Waals surface area (Å²) < 4.78 is 0. The van der Waals surface area contributed by atoms with Gasteiger partial charge in [-0.2, -0.15) is 0 Å². The average molecular weight is 268 g/mol. The maximum Gasteiger partial charge on any atom is 0.228 e. The Morgan fingerprint density at radius 1 is 1.05 bits per heavy atom. The maximum atomic E-state index is 11.9. The summed E-state index contributed by atoms with van der Waals surface area (Å²) in [6.07, 6.45) is 0.223. The summed E-state index contributed by atoms with van der Waals surface area (Å²) in [7, 11) is 0. The first-order valence-electron chi connectivity index (χ1n) is 6.30. The first-order chi connectivity index (χ1) is 9.56. The number of carbonyl (C=O) groups excluding carboxylic acids is 2. The molecule has 0 aliphatic carbocycles. The van der Waals surface area contributed by atoms with Crippen molar-refractivity contribution in [3.05, 3.63) is 59.7 Å². The van der Waals surface area contributed by atoms with Crippen molar-refractivity contribution in [3.63, 3.8) is 0 Å². The molecular formula is C16H16N2O2. The van der Waals surface area contributed by atoms with Crippen molar-refractivity contribution in [2.45, 2.75) is 13.3 Å². The lowest BCUT2D eigenvalue weighted by molar-refractivity contribution is -0.115. The molecule has 0 aliphatic heterocycles. The van der Waals surface area contributed by atoms with Crippen LogP contribution in [0.15, 0.2) is 48.5 Å². The third-order valence-electron chi connectivity index (χ3n) is 2.98. The fourth-order valence-electron chi connectivity index (χ4n) is 1.86. The van der Waals surface area contributed by atoms with Crippen molar-refractivity contribution >= 4 is 23.1 Å². The topological polar surface area (TPSA) is 72.2 Å². The van der Waals surface area contributed by atoms with Crippen LogP contribution in [-0.4, -0.2) is 11.7 Å². The minimum absolute atomic E-state index is 0.0000596. The van der Waals surface area contributed by atoms with Crippen LogP contribution in [0.3, 0.4) is 0 Å². The molecule has 0 atom stereocenters. The average Bonchev–Trinajstić information content (AvgIpc) is 2.42. The van der Waals surface area contributed by atoms with E-state index in [-0.39, 0.29) is 18.1 Å². The summed E-state index contributed by atoms with van der Waals surface area (Å²) in [5.41, 5.74) is 8.48. The van der Waals surface area contributed by atoms with Crippen LogP contribution in [0.5, 0.6) is 0 Å². The van der Waals surface area contributed by atoms with Crippen LogP contribution in [0, 0.1) is 0 Å². The van der Waals surface area contributed by atoms with E-state index in [1.807, 2.05) is 18.2 Å². The van der Waals surface area contributed by atoms with Gasteiger partial charge in [-0.3, -0.25) is 9.59 Å². The Morgan fingerprint density at radius 3 is 2.30 bits per heavy atom. The number of para-hydroxylation sites is 1. The SMILES string of the molecule is CC(=O)c1ccc(NC(=O)Cc2ccccc2N)cc1. The van der Waals surface area contributed by atoms with E-state index in [9.17, 15) is 9.59 Å². The van der Waals surface area contributed by atoms with E-state index in [2.05, 4.69) is 5.32 Å². The van der Waals surface area contributed by atoms with Crippen LogP contribution in [-0.2, 0) is 11.2 Å². The zero-order valence-corrected chi connectivity index (χ0v) is 11.2. The van der Waals surface area contributed by atoms with E-state index in [0.717, 1.165) is 5.56 Å². The highest BCUT2D eigenvalue weighted by molar-refractivity contribution is 5.96. The van der Waals surface area contributed by atoms with Crippen molar-refractivity contribution in [1.82, 2.24) is 0 Å². The molecule has 0 spiro atoms. The van der Waals surface area contributed by atoms with Gasteiger partial charge >= 0.3 is 0 Å². The number of Topliss-reactive ketones (excluding diaryl/α,β-unsaturated/α-hetero) is 1. The number of nitrogen functional groups attached to an aromatic ring is 1. The monoisotopic (exact) mass is 268 g/mol. The summed E-state index contributed by atoms with van der Waals surface area (Å²) in [5, 5.41) is 2.78. The molecule has 2 aromatic carbocycles. The van der Waals surface area contributed by atoms with Crippen molar-refractivity contribution < 1.29 is 9.59 Å². The van der Waals surface area contributed by atoms with Crippen LogP contribution in [0.2, 0.25) is 0 Å². The Kier molecular flexibility index (Phi) is 4.15. The molecule has 0 bridgehead atoms. The Balaban J connectivity index is 2.01. The van der Waals surface area contributed by atoms with Crippen LogP contribution < -0.4 is 11.1 Å². The number of hydrogen-bond donors (Lipinski definition) is 2. The van der Waals surface area contributed by atoms with E-state index in [0.29, 0.717) is 16.9 Å². The second-order valence-corrected chi connectivity index (χ2v) is 4.56. The first kappa shape index (κ1) is 13.8. The molecule has 0 fully saturated rings. The van der Waals surface area contributed by atoms with Crippen molar-refractivity contribution in [2.75, 3.05) is 11.1 Å². The smallest absolute Gasteiger partial charge is 0.228 e. The standard InChI is InChI=1S/C16H16N2O2/c1-11(19)12-6-8-14(9-7-12)18-16(20)10-13-4-2-3-5-15(13)17/h2-9H,10,17H2,1H3,(H,18,20). The molecule has 20 heavy (non-hydrogen) atoms. The van der Waals surface area contributed by atoms with Gasteiger partial charge in [0.2, 0.25) is 5.91 Å². The number of rotatable bonds is 4. The lowest BCUT2D eigenvalue weighted by atomic mass is 10.1. The van der Waals surface area contributed by atoms with Gasteiger partial charge in [0, 0.05) is 16.9 Å². The zero-order valence-electron chi connectivity index (χ0n) is 11.2. The summed E-state index contributed by atoms with van der Waals surface area (Å²) in [4.78, 5) is 23.1. The summed E-state index contributed by atoms with van der Waals surface area (Å²) in [6, 6.07) is 14.1.